The van der Waals surface area contributed by atoms with Gasteiger partial charge in [-0.25, -0.2) is 13.1 Å². The molecule has 1 aromatic carbocycles. The lowest BCUT2D eigenvalue weighted by Crippen LogP contribution is -2.47. The van der Waals surface area contributed by atoms with Gasteiger partial charge in [0, 0.05) is 31.2 Å². The van der Waals surface area contributed by atoms with Gasteiger partial charge in [-0.3, -0.25) is 4.99 Å². The minimum Gasteiger partial charge on any atom is -0.373 e. The van der Waals surface area contributed by atoms with Crippen LogP contribution >= 0.6 is 24.0 Å². The van der Waals surface area contributed by atoms with Crippen LogP contribution in [0.2, 0.25) is 0 Å². The van der Waals surface area contributed by atoms with Gasteiger partial charge in [-0.2, -0.15) is 0 Å². The fraction of sp³-hybridized carbons (Fsp3) is 0.667. The van der Waals surface area contributed by atoms with E-state index >= 15 is 0 Å². The van der Waals surface area contributed by atoms with E-state index in [9.17, 15) is 8.42 Å². The Morgan fingerprint density at radius 1 is 1.23 bits per heavy atom. The molecule has 9 heteroatoms. The molecule has 2 unspecified atom stereocenters. The number of benzene rings is 1. The van der Waals surface area contributed by atoms with Crippen molar-refractivity contribution in [2.75, 3.05) is 32.5 Å². The van der Waals surface area contributed by atoms with Gasteiger partial charge in [0.05, 0.1) is 18.9 Å². The molecule has 1 saturated heterocycles. The maximum atomic E-state index is 11.5. The highest BCUT2D eigenvalue weighted by atomic mass is 127. The molecular weight excluding hydrogens is 515 g/mol. The van der Waals surface area contributed by atoms with Gasteiger partial charge in [0.15, 0.2) is 5.96 Å². The Morgan fingerprint density at radius 3 is 2.50 bits per heavy atom. The van der Waals surface area contributed by atoms with E-state index in [2.05, 4.69) is 51.5 Å². The molecule has 1 aromatic rings. The van der Waals surface area contributed by atoms with Crippen molar-refractivity contribution in [3.05, 3.63) is 35.4 Å². The molecule has 1 aliphatic rings. The minimum absolute atomic E-state index is 0. The first-order chi connectivity index (χ1) is 13.6. The average Bonchev–Trinajstić information content (AvgIpc) is 2.63. The van der Waals surface area contributed by atoms with Crippen molar-refractivity contribution >= 4 is 40.0 Å². The predicted molar refractivity (Wildman–Crippen MR) is 134 cm³/mol. The molecule has 0 aromatic heterocycles. The van der Waals surface area contributed by atoms with Gasteiger partial charge in [-0.15, -0.1) is 24.0 Å². The summed E-state index contributed by atoms with van der Waals surface area (Å²) in [5.41, 5.74) is 1.79. The highest BCUT2D eigenvalue weighted by Crippen LogP contribution is 2.33. The van der Waals surface area contributed by atoms with E-state index in [0.29, 0.717) is 18.4 Å². The van der Waals surface area contributed by atoms with Crippen LogP contribution < -0.4 is 15.4 Å². The quantitative estimate of drug-likeness (QED) is 0.262. The van der Waals surface area contributed by atoms with Crippen molar-refractivity contribution < 1.29 is 13.2 Å². The van der Waals surface area contributed by atoms with Crippen molar-refractivity contribution in [2.45, 2.75) is 52.2 Å². The van der Waals surface area contributed by atoms with E-state index < -0.39 is 15.6 Å². The number of guanidine groups is 1. The number of nitrogens with one attached hydrogen (secondary N) is 3. The third-order valence-corrected chi connectivity index (χ3v) is 5.74. The number of halogens is 1. The standard InChI is InChI=1S/C21H36N4O3S.HI/c1-6-22-20(24-15-21(3,4)25-29(5,26)27)23-14-18-8-7-13-28-19(18)17-11-9-16(2)10-12-17;/h9-12,18-19,25H,6-8,13-15H2,1-5H3,(H2,22,23,24);1H. The van der Waals surface area contributed by atoms with Crippen LogP contribution in [0.1, 0.15) is 50.8 Å². The van der Waals surface area contributed by atoms with Crippen molar-refractivity contribution in [1.82, 2.24) is 15.4 Å². The first kappa shape index (κ1) is 27.1. The average molecular weight is 553 g/mol. The highest BCUT2D eigenvalue weighted by Gasteiger charge is 2.28. The predicted octanol–water partition coefficient (Wildman–Crippen LogP) is 2.96. The molecule has 0 aliphatic carbocycles. The summed E-state index contributed by atoms with van der Waals surface area (Å²) in [6, 6.07) is 8.55. The van der Waals surface area contributed by atoms with Gasteiger partial charge in [0.25, 0.3) is 0 Å². The largest absolute Gasteiger partial charge is 0.373 e. The Labute approximate surface area is 198 Å². The molecule has 0 spiro atoms. The Kier molecular flexibility index (Phi) is 11.0. The lowest BCUT2D eigenvalue weighted by molar-refractivity contribution is -0.0265. The molecule has 1 fully saturated rings. The van der Waals surface area contributed by atoms with Crippen LogP contribution in [0.15, 0.2) is 29.3 Å². The number of hydrogen-bond acceptors (Lipinski definition) is 4. The van der Waals surface area contributed by atoms with Gasteiger partial charge < -0.3 is 15.4 Å². The molecule has 2 rings (SSSR count). The lowest BCUT2D eigenvalue weighted by atomic mass is 9.89. The van der Waals surface area contributed by atoms with Crippen molar-refractivity contribution in [3.63, 3.8) is 0 Å². The van der Waals surface area contributed by atoms with Crippen LogP contribution in [0.3, 0.4) is 0 Å². The molecule has 30 heavy (non-hydrogen) atoms. The van der Waals surface area contributed by atoms with Crippen LogP contribution in [-0.4, -0.2) is 52.4 Å². The summed E-state index contributed by atoms with van der Waals surface area (Å²) in [4.78, 5) is 4.59. The summed E-state index contributed by atoms with van der Waals surface area (Å²) < 4.78 is 31.8. The van der Waals surface area contributed by atoms with Gasteiger partial charge >= 0.3 is 0 Å². The summed E-state index contributed by atoms with van der Waals surface area (Å²) in [6.07, 6.45) is 3.37. The molecule has 1 heterocycles. The van der Waals surface area contributed by atoms with Crippen LogP contribution in [0, 0.1) is 12.8 Å². The number of sulfonamides is 1. The zero-order valence-corrected chi connectivity index (χ0v) is 21.8. The van der Waals surface area contributed by atoms with Crippen LogP contribution in [0.25, 0.3) is 0 Å². The minimum atomic E-state index is -3.29. The Morgan fingerprint density at radius 2 is 1.90 bits per heavy atom. The van der Waals surface area contributed by atoms with Crippen molar-refractivity contribution in [2.24, 2.45) is 10.9 Å². The molecule has 1 aliphatic heterocycles. The van der Waals surface area contributed by atoms with Gasteiger partial charge in [0.1, 0.15) is 0 Å². The summed E-state index contributed by atoms with van der Waals surface area (Å²) in [5.74, 6) is 1.03. The molecule has 3 N–H and O–H groups in total. The topological polar surface area (TPSA) is 91.8 Å². The zero-order valence-electron chi connectivity index (χ0n) is 18.7. The molecule has 172 valence electrons. The van der Waals surface area contributed by atoms with E-state index in [0.717, 1.165) is 38.8 Å². The number of aryl methyl sites for hydroxylation is 1. The number of hydrogen-bond donors (Lipinski definition) is 3. The van der Waals surface area contributed by atoms with Gasteiger partial charge in [-0.05, 0) is 46.1 Å². The second-order valence-electron chi connectivity index (χ2n) is 8.44. The molecule has 0 amide bonds. The van der Waals surface area contributed by atoms with E-state index in [4.69, 9.17) is 4.74 Å². The monoisotopic (exact) mass is 552 g/mol. The third kappa shape index (κ3) is 9.49. The maximum Gasteiger partial charge on any atom is 0.209 e. The molecule has 2 atom stereocenters. The second-order valence-corrected chi connectivity index (χ2v) is 10.2. The fourth-order valence-electron chi connectivity index (χ4n) is 3.56. The summed E-state index contributed by atoms with van der Waals surface area (Å²) in [7, 11) is -3.29. The Balaban J connectivity index is 0.00000450. The normalized spacial score (nSPS) is 20.4. The summed E-state index contributed by atoms with van der Waals surface area (Å²) in [6.45, 7) is 10.3. The summed E-state index contributed by atoms with van der Waals surface area (Å²) >= 11 is 0. The Bertz CT molecular complexity index is 782. The van der Waals surface area contributed by atoms with Crippen molar-refractivity contribution in [1.29, 1.82) is 0 Å². The molecular formula is C21H37IN4O3S. The van der Waals surface area contributed by atoms with E-state index in [1.165, 1.54) is 11.1 Å². The van der Waals surface area contributed by atoms with E-state index in [1.807, 2.05) is 20.8 Å². The zero-order chi connectivity index (χ0) is 21.5. The SMILES string of the molecule is CCNC(=NCC(C)(C)NS(C)(=O)=O)NCC1CCCOC1c1ccc(C)cc1.I. The third-order valence-electron chi connectivity index (χ3n) is 4.82. The first-order valence-electron chi connectivity index (χ1n) is 10.3. The van der Waals surface area contributed by atoms with Gasteiger partial charge in [-0.1, -0.05) is 29.8 Å². The highest BCUT2D eigenvalue weighted by molar-refractivity contribution is 14.0. The van der Waals surface area contributed by atoms with Crippen molar-refractivity contribution in [3.8, 4) is 0 Å². The molecule has 0 bridgehead atoms. The lowest BCUT2D eigenvalue weighted by Gasteiger charge is -2.33. The van der Waals surface area contributed by atoms with Crippen LogP contribution in [0.4, 0.5) is 0 Å². The second kappa shape index (κ2) is 12.2. The van der Waals surface area contributed by atoms with E-state index in [1.54, 1.807) is 0 Å². The first-order valence-corrected chi connectivity index (χ1v) is 12.2. The van der Waals surface area contributed by atoms with E-state index in [-0.39, 0.29) is 30.1 Å². The molecule has 0 saturated carbocycles. The van der Waals surface area contributed by atoms with Crippen LogP contribution in [0.5, 0.6) is 0 Å². The summed E-state index contributed by atoms with van der Waals surface area (Å²) in [5, 5.41) is 6.66. The maximum absolute atomic E-state index is 11.5. The molecule has 7 nitrogen and oxygen atoms in total. The van der Waals surface area contributed by atoms with Crippen LogP contribution in [-0.2, 0) is 14.8 Å². The Hall–Kier alpha value is -0.910. The number of ether oxygens (including phenoxy) is 1. The number of rotatable bonds is 8. The number of nitrogens with zero attached hydrogens (tertiary/aromatic N) is 1. The van der Waals surface area contributed by atoms with Gasteiger partial charge in [0.2, 0.25) is 10.0 Å². The fourth-order valence-corrected chi connectivity index (χ4v) is 4.63. The molecule has 0 radical (unpaired) electrons. The smallest absolute Gasteiger partial charge is 0.209 e. The number of aliphatic imine (C=N–C) groups is 1.